The SMILES string of the molecule is CC(=O)c1cccc(Nc2nccc(-c3sc(C)nc3C3CC3)n2)c1. The first-order valence-corrected chi connectivity index (χ1v) is 9.10. The minimum Gasteiger partial charge on any atom is -0.324 e. The molecule has 6 heteroatoms. The van der Waals surface area contributed by atoms with E-state index < -0.39 is 0 Å². The van der Waals surface area contributed by atoms with E-state index in [0.29, 0.717) is 17.4 Å². The number of nitrogens with one attached hydrogen (secondary N) is 1. The second-order valence-electron chi connectivity index (χ2n) is 6.25. The van der Waals surface area contributed by atoms with Gasteiger partial charge in [0, 0.05) is 23.4 Å². The van der Waals surface area contributed by atoms with Gasteiger partial charge in [-0.2, -0.15) is 0 Å². The number of carbonyl (C=O) groups excluding carboxylic acids is 1. The van der Waals surface area contributed by atoms with Gasteiger partial charge in [-0.25, -0.2) is 15.0 Å². The first-order valence-electron chi connectivity index (χ1n) is 8.29. The van der Waals surface area contributed by atoms with Crippen molar-refractivity contribution in [3.63, 3.8) is 0 Å². The number of Topliss-reactive ketones (excluding diaryl/α,β-unsaturated/α-hetero) is 1. The Labute approximate surface area is 150 Å². The van der Waals surface area contributed by atoms with Crippen LogP contribution in [0.15, 0.2) is 36.5 Å². The van der Waals surface area contributed by atoms with E-state index in [9.17, 15) is 4.79 Å². The van der Waals surface area contributed by atoms with Gasteiger partial charge in [-0.05, 0) is 44.9 Å². The van der Waals surface area contributed by atoms with Crippen LogP contribution in [0.25, 0.3) is 10.6 Å². The molecule has 0 atom stereocenters. The molecule has 0 bridgehead atoms. The molecule has 0 unspecified atom stereocenters. The maximum atomic E-state index is 11.5. The summed E-state index contributed by atoms with van der Waals surface area (Å²) in [5, 5.41) is 4.26. The molecule has 0 saturated heterocycles. The number of carbonyl (C=O) groups is 1. The number of aryl methyl sites for hydroxylation is 1. The molecule has 126 valence electrons. The average molecular weight is 350 g/mol. The zero-order valence-corrected chi connectivity index (χ0v) is 14.9. The summed E-state index contributed by atoms with van der Waals surface area (Å²) in [5.74, 6) is 1.14. The number of ketones is 1. The average Bonchev–Trinajstić information content (AvgIpc) is 3.37. The van der Waals surface area contributed by atoms with E-state index >= 15 is 0 Å². The topological polar surface area (TPSA) is 67.8 Å². The van der Waals surface area contributed by atoms with E-state index in [1.54, 1.807) is 30.5 Å². The zero-order valence-electron chi connectivity index (χ0n) is 14.1. The van der Waals surface area contributed by atoms with Crippen LogP contribution in [0.2, 0.25) is 0 Å². The highest BCUT2D eigenvalue weighted by Crippen LogP contribution is 2.45. The molecule has 0 radical (unpaired) electrons. The molecular formula is C19H18N4OS. The Bertz CT molecular complexity index is 946. The zero-order chi connectivity index (χ0) is 17.4. The van der Waals surface area contributed by atoms with E-state index in [-0.39, 0.29) is 5.78 Å². The normalized spacial score (nSPS) is 13.7. The van der Waals surface area contributed by atoms with Crippen molar-refractivity contribution in [2.45, 2.75) is 32.6 Å². The summed E-state index contributed by atoms with van der Waals surface area (Å²) in [6.45, 7) is 3.59. The number of hydrogen-bond acceptors (Lipinski definition) is 6. The number of nitrogens with zero attached hydrogens (tertiary/aromatic N) is 3. The highest BCUT2D eigenvalue weighted by Gasteiger charge is 2.30. The first-order chi connectivity index (χ1) is 12.1. The van der Waals surface area contributed by atoms with E-state index in [1.807, 2.05) is 31.2 Å². The third kappa shape index (κ3) is 3.44. The van der Waals surface area contributed by atoms with Crippen molar-refractivity contribution in [3.05, 3.63) is 52.8 Å². The van der Waals surface area contributed by atoms with Crippen molar-refractivity contribution in [2.75, 3.05) is 5.32 Å². The number of benzene rings is 1. The van der Waals surface area contributed by atoms with Crippen LogP contribution in [0, 0.1) is 6.92 Å². The summed E-state index contributed by atoms with van der Waals surface area (Å²) in [5.41, 5.74) is 3.53. The summed E-state index contributed by atoms with van der Waals surface area (Å²) >= 11 is 1.68. The van der Waals surface area contributed by atoms with Crippen LogP contribution < -0.4 is 5.32 Å². The highest BCUT2D eigenvalue weighted by atomic mass is 32.1. The Morgan fingerprint density at radius 3 is 2.84 bits per heavy atom. The predicted octanol–water partition coefficient (Wildman–Crippen LogP) is 4.73. The molecule has 1 aliphatic carbocycles. The van der Waals surface area contributed by atoms with Gasteiger partial charge in [0.05, 0.1) is 21.3 Å². The summed E-state index contributed by atoms with van der Waals surface area (Å²) < 4.78 is 0. The monoisotopic (exact) mass is 350 g/mol. The molecule has 4 rings (SSSR count). The van der Waals surface area contributed by atoms with Crippen molar-refractivity contribution >= 4 is 28.8 Å². The van der Waals surface area contributed by atoms with E-state index in [4.69, 9.17) is 4.98 Å². The van der Waals surface area contributed by atoms with Crippen LogP contribution in [0.3, 0.4) is 0 Å². The fraction of sp³-hybridized carbons (Fsp3) is 0.263. The smallest absolute Gasteiger partial charge is 0.227 e. The maximum absolute atomic E-state index is 11.5. The molecule has 25 heavy (non-hydrogen) atoms. The van der Waals surface area contributed by atoms with Crippen LogP contribution in [0.4, 0.5) is 11.6 Å². The van der Waals surface area contributed by atoms with Crippen molar-refractivity contribution in [2.24, 2.45) is 0 Å². The van der Waals surface area contributed by atoms with Gasteiger partial charge in [-0.15, -0.1) is 11.3 Å². The standard InChI is InChI=1S/C19H18N4OS/c1-11(24)14-4-3-5-15(10-14)22-19-20-9-8-16(23-19)18-17(13-6-7-13)21-12(2)25-18/h3-5,8-10,13H,6-7H2,1-2H3,(H,20,22,23). The lowest BCUT2D eigenvalue weighted by Gasteiger charge is -2.07. The fourth-order valence-corrected chi connectivity index (χ4v) is 3.73. The van der Waals surface area contributed by atoms with E-state index in [0.717, 1.165) is 21.3 Å². The Balaban J connectivity index is 1.64. The molecule has 1 N–H and O–H groups in total. The third-order valence-corrected chi connectivity index (χ3v) is 5.15. The molecule has 1 aliphatic rings. The summed E-state index contributed by atoms with van der Waals surface area (Å²) in [6.07, 6.45) is 4.18. The van der Waals surface area contributed by atoms with Crippen LogP contribution in [0.5, 0.6) is 0 Å². The van der Waals surface area contributed by atoms with Crippen LogP contribution in [-0.2, 0) is 0 Å². The molecule has 0 amide bonds. The number of rotatable bonds is 5. The molecule has 5 nitrogen and oxygen atoms in total. The Hall–Kier alpha value is -2.60. The lowest BCUT2D eigenvalue weighted by molar-refractivity contribution is 0.101. The van der Waals surface area contributed by atoms with Crippen molar-refractivity contribution in [1.29, 1.82) is 0 Å². The Morgan fingerprint density at radius 2 is 2.08 bits per heavy atom. The molecule has 1 aromatic carbocycles. The second-order valence-corrected chi connectivity index (χ2v) is 7.45. The predicted molar refractivity (Wildman–Crippen MR) is 99.6 cm³/mol. The van der Waals surface area contributed by atoms with E-state index in [1.165, 1.54) is 18.5 Å². The minimum atomic E-state index is 0.0347. The molecule has 1 saturated carbocycles. The molecule has 1 fully saturated rings. The fourth-order valence-electron chi connectivity index (χ4n) is 2.75. The highest BCUT2D eigenvalue weighted by molar-refractivity contribution is 7.15. The third-order valence-electron chi connectivity index (χ3n) is 4.14. The van der Waals surface area contributed by atoms with Crippen LogP contribution >= 0.6 is 11.3 Å². The summed E-state index contributed by atoms with van der Waals surface area (Å²) in [7, 11) is 0. The minimum absolute atomic E-state index is 0.0347. The first kappa shape index (κ1) is 15.9. The van der Waals surface area contributed by atoms with Gasteiger partial charge in [0.2, 0.25) is 5.95 Å². The van der Waals surface area contributed by atoms with Gasteiger partial charge in [0.25, 0.3) is 0 Å². The van der Waals surface area contributed by atoms with Gasteiger partial charge in [0.15, 0.2) is 5.78 Å². The maximum Gasteiger partial charge on any atom is 0.227 e. The quantitative estimate of drug-likeness (QED) is 0.674. The molecule has 3 aromatic rings. The van der Waals surface area contributed by atoms with Gasteiger partial charge in [-0.1, -0.05) is 12.1 Å². The van der Waals surface area contributed by atoms with Gasteiger partial charge in [0.1, 0.15) is 0 Å². The molecule has 2 heterocycles. The number of hydrogen-bond donors (Lipinski definition) is 1. The second kappa shape index (κ2) is 6.37. The molecular weight excluding hydrogens is 332 g/mol. The van der Waals surface area contributed by atoms with Crippen molar-refractivity contribution in [1.82, 2.24) is 15.0 Å². The summed E-state index contributed by atoms with van der Waals surface area (Å²) in [4.78, 5) is 26.3. The molecule has 2 aromatic heterocycles. The van der Waals surface area contributed by atoms with Gasteiger partial charge < -0.3 is 5.32 Å². The largest absolute Gasteiger partial charge is 0.324 e. The van der Waals surface area contributed by atoms with Gasteiger partial charge in [-0.3, -0.25) is 4.79 Å². The Kier molecular flexibility index (Phi) is 4.05. The lowest BCUT2D eigenvalue weighted by atomic mass is 10.1. The van der Waals surface area contributed by atoms with Gasteiger partial charge >= 0.3 is 0 Å². The number of aromatic nitrogens is 3. The number of thiazole rings is 1. The van der Waals surface area contributed by atoms with Crippen molar-refractivity contribution in [3.8, 4) is 10.6 Å². The molecule has 0 aliphatic heterocycles. The van der Waals surface area contributed by atoms with Crippen molar-refractivity contribution < 1.29 is 4.79 Å². The number of anilines is 2. The van der Waals surface area contributed by atoms with E-state index in [2.05, 4.69) is 15.3 Å². The Morgan fingerprint density at radius 1 is 1.24 bits per heavy atom. The molecule has 0 spiro atoms. The lowest BCUT2D eigenvalue weighted by Crippen LogP contribution is -2.00. The van der Waals surface area contributed by atoms with Crippen LogP contribution in [-0.4, -0.2) is 20.7 Å². The van der Waals surface area contributed by atoms with Crippen LogP contribution in [0.1, 0.15) is 46.7 Å². The summed E-state index contributed by atoms with van der Waals surface area (Å²) in [6, 6.07) is 9.28.